The first-order valence-corrected chi connectivity index (χ1v) is 11.3. The monoisotopic (exact) mass is 390 g/mol. The number of methoxy groups -OCH3 is 1. The number of aliphatic hydroxyl groups is 2. The van der Waals surface area contributed by atoms with Crippen molar-refractivity contribution < 1.29 is 19.7 Å². The van der Waals surface area contributed by atoms with Gasteiger partial charge in [0.25, 0.3) is 0 Å². The lowest BCUT2D eigenvalue weighted by Crippen LogP contribution is -2.55. The third-order valence-electron chi connectivity index (χ3n) is 9.66. The second-order valence-corrected chi connectivity index (χ2v) is 10.7. The van der Waals surface area contributed by atoms with E-state index in [1.807, 2.05) is 0 Å². The van der Waals surface area contributed by atoms with Gasteiger partial charge in [-0.2, -0.15) is 0 Å². The SMILES string of the molecule is COC(=O)C[C@H](C)[C@H]1CC[C@H]2[C@@H]3CC=C4CC(O)CC(O)[C@]4(C)[C@H]3CC[C@]12C. The fourth-order valence-corrected chi connectivity index (χ4v) is 8.16. The number of ether oxygens (including phenoxy) is 1. The van der Waals surface area contributed by atoms with Crippen molar-refractivity contribution in [1.29, 1.82) is 0 Å². The first kappa shape index (κ1) is 20.4. The van der Waals surface area contributed by atoms with Crippen molar-refractivity contribution in [3.63, 3.8) is 0 Å². The largest absolute Gasteiger partial charge is 0.469 e. The number of rotatable bonds is 3. The van der Waals surface area contributed by atoms with Crippen LogP contribution in [0.3, 0.4) is 0 Å². The normalized spacial score (nSPS) is 48.7. The lowest BCUT2D eigenvalue weighted by atomic mass is 9.46. The molecule has 3 fully saturated rings. The van der Waals surface area contributed by atoms with Crippen LogP contribution in [0.1, 0.15) is 72.1 Å². The molecule has 158 valence electrons. The molecule has 0 bridgehead atoms. The van der Waals surface area contributed by atoms with Crippen LogP contribution in [0.15, 0.2) is 11.6 Å². The summed E-state index contributed by atoms with van der Waals surface area (Å²) in [6.45, 7) is 6.97. The molecule has 4 nitrogen and oxygen atoms in total. The molecule has 4 heteroatoms. The molecular weight excluding hydrogens is 352 g/mol. The van der Waals surface area contributed by atoms with Crippen LogP contribution in [-0.4, -0.2) is 35.5 Å². The maximum absolute atomic E-state index is 11.9. The van der Waals surface area contributed by atoms with Crippen LogP contribution in [0.25, 0.3) is 0 Å². The average Bonchev–Trinajstić information content (AvgIpc) is 3.00. The fraction of sp³-hybridized carbons (Fsp3) is 0.875. The lowest BCUT2D eigenvalue weighted by molar-refractivity contribution is -0.143. The molecule has 0 amide bonds. The van der Waals surface area contributed by atoms with E-state index in [-0.39, 0.29) is 16.8 Å². The van der Waals surface area contributed by atoms with E-state index in [9.17, 15) is 15.0 Å². The summed E-state index contributed by atoms with van der Waals surface area (Å²) in [5, 5.41) is 21.2. The van der Waals surface area contributed by atoms with Gasteiger partial charge in [-0.3, -0.25) is 4.79 Å². The number of carbonyl (C=O) groups excluding carboxylic acids is 1. The smallest absolute Gasteiger partial charge is 0.305 e. The third kappa shape index (κ3) is 2.89. The molecule has 0 aromatic rings. The minimum Gasteiger partial charge on any atom is -0.469 e. The summed E-state index contributed by atoms with van der Waals surface area (Å²) in [5.74, 6) is 2.66. The highest BCUT2D eigenvalue weighted by Crippen LogP contribution is 2.67. The molecule has 0 spiro atoms. The van der Waals surface area contributed by atoms with Gasteiger partial charge in [0.1, 0.15) is 0 Å². The Bertz CT molecular complexity index is 657. The van der Waals surface area contributed by atoms with Crippen LogP contribution in [-0.2, 0) is 9.53 Å². The second-order valence-electron chi connectivity index (χ2n) is 10.7. The summed E-state index contributed by atoms with van der Waals surface area (Å²) in [4.78, 5) is 11.9. The molecule has 0 aromatic carbocycles. The molecule has 2 unspecified atom stereocenters. The van der Waals surface area contributed by atoms with Crippen LogP contribution in [0, 0.1) is 40.4 Å². The Hall–Kier alpha value is -0.870. The molecule has 2 N–H and O–H groups in total. The van der Waals surface area contributed by atoms with E-state index < -0.39 is 12.2 Å². The highest BCUT2D eigenvalue weighted by Gasteiger charge is 2.60. The molecule has 0 aromatic heterocycles. The molecule has 4 rings (SSSR count). The number of hydrogen-bond donors (Lipinski definition) is 2. The average molecular weight is 391 g/mol. The second kappa shape index (κ2) is 7.12. The van der Waals surface area contributed by atoms with Gasteiger partial charge in [-0.25, -0.2) is 0 Å². The predicted molar refractivity (Wildman–Crippen MR) is 108 cm³/mol. The van der Waals surface area contributed by atoms with Crippen molar-refractivity contribution in [1.82, 2.24) is 0 Å². The van der Waals surface area contributed by atoms with Crippen molar-refractivity contribution in [2.75, 3.05) is 7.11 Å². The molecule has 3 saturated carbocycles. The Balaban J connectivity index is 1.59. The van der Waals surface area contributed by atoms with Gasteiger partial charge < -0.3 is 14.9 Å². The Kier molecular flexibility index (Phi) is 5.19. The van der Waals surface area contributed by atoms with Gasteiger partial charge in [0.05, 0.1) is 19.3 Å². The minimum atomic E-state index is -0.435. The number of esters is 1. The van der Waals surface area contributed by atoms with E-state index in [2.05, 4.69) is 26.8 Å². The van der Waals surface area contributed by atoms with Gasteiger partial charge in [0, 0.05) is 18.3 Å². The van der Waals surface area contributed by atoms with Crippen molar-refractivity contribution >= 4 is 5.97 Å². The lowest BCUT2D eigenvalue weighted by Gasteiger charge is -2.59. The molecule has 4 aliphatic carbocycles. The Labute approximate surface area is 169 Å². The van der Waals surface area contributed by atoms with Crippen molar-refractivity contribution in [2.45, 2.75) is 84.3 Å². The van der Waals surface area contributed by atoms with Crippen molar-refractivity contribution in [3.8, 4) is 0 Å². The zero-order valence-electron chi connectivity index (χ0n) is 18.0. The van der Waals surface area contributed by atoms with E-state index in [0.29, 0.717) is 42.4 Å². The van der Waals surface area contributed by atoms with E-state index >= 15 is 0 Å². The summed E-state index contributed by atoms with van der Waals surface area (Å²) in [7, 11) is 1.48. The maximum Gasteiger partial charge on any atom is 0.305 e. The Morgan fingerprint density at radius 3 is 2.71 bits per heavy atom. The van der Waals surface area contributed by atoms with Crippen LogP contribution in [0.5, 0.6) is 0 Å². The summed E-state index contributed by atoms with van der Waals surface area (Å²) in [6.07, 6.45) is 9.18. The number of allylic oxidation sites excluding steroid dienone is 1. The molecule has 28 heavy (non-hydrogen) atoms. The highest BCUT2D eigenvalue weighted by atomic mass is 16.5. The highest BCUT2D eigenvalue weighted by molar-refractivity contribution is 5.69. The van der Waals surface area contributed by atoms with Gasteiger partial charge in [-0.15, -0.1) is 0 Å². The van der Waals surface area contributed by atoms with Gasteiger partial charge in [0.15, 0.2) is 0 Å². The van der Waals surface area contributed by atoms with Crippen LogP contribution in [0.4, 0.5) is 0 Å². The molecule has 4 aliphatic rings. The van der Waals surface area contributed by atoms with Crippen LogP contribution < -0.4 is 0 Å². The van der Waals surface area contributed by atoms with E-state index in [0.717, 1.165) is 19.3 Å². The standard InChI is InChI=1S/C24H38O4/c1-14(11-22(27)28-4)18-7-8-19-17-6-5-15-12-16(25)13-21(26)24(15,3)20(17)9-10-23(18,19)2/h5,14,16-21,25-26H,6-13H2,1-4H3/t14-,16?,17-,18+,19-,20-,21?,23+,24-/m0/s1. The van der Waals surface area contributed by atoms with E-state index in [1.54, 1.807) is 0 Å². The molecule has 0 radical (unpaired) electrons. The van der Waals surface area contributed by atoms with Gasteiger partial charge >= 0.3 is 5.97 Å². The zero-order valence-corrected chi connectivity index (χ0v) is 18.0. The summed E-state index contributed by atoms with van der Waals surface area (Å²) >= 11 is 0. The quantitative estimate of drug-likeness (QED) is 0.562. The summed E-state index contributed by atoms with van der Waals surface area (Å²) in [5.41, 5.74) is 1.42. The van der Waals surface area contributed by atoms with Gasteiger partial charge in [-0.1, -0.05) is 32.4 Å². The third-order valence-corrected chi connectivity index (χ3v) is 9.66. The minimum absolute atomic E-state index is 0.0881. The van der Waals surface area contributed by atoms with Crippen molar-refractivity contribution in [2.24, 2.45) is 40.4 Å². The predicted octanol–water partition coefficient (Wildman–Crippen LogP) is 4.10. The molecule has 9 atom stereocenters. The fourth-order valence-electron chi connectivity index (χ4n) is 8.16. The summed E-state index contributed by atoms with van der Waals surface area (Å²) in [6, 6.07) is 0. The van der Waals surface area contributed by atoms with Crippen molar-refractivity contribution in [3.05, 3.63) is 11.6 Å². The zero-order chi connectivity index (χ0) is 20.3. The Morgan fingerprint density at radius 2 is 2.00 bits per heavy atom. The molecule has 0 heterocycles. The molecule has 0 aliphatic heterocycles. The van der Waals surface area contributed by atoms with Gasteiger partial charge in [-0.05, 0) is 73.5 Å². The number of aliphatic hydroxyl groups excluding tert-OH is 2. The topological polar surface area (TPSA) is 66.8 Å². The van der Waals surface area contributed by atoms with E-state index in [4.69, 9.17) is 4.74 Å². The maximum atomic E-state index is 11.9. The Morgan fingerprint density at radius 1 is 1.25 bits per heavy atom. The van der Waals surface area contributed by atoms with Crippen LogP contribution in [0.2, 0.25) is 0 Å². The number of hydrogen-bond acceptors (Lipinski definition) is 4. The van der Waals surface area contributed by atoms with E-state index in [1.165, 1.54) is 31.9 Å². The number of carbonyl (C=O) groups is 1. The van der Waals surface area contributed by atoms with Crippen LogP contribution >= 0.6 is 0 Å². The first-order valence-electron chi connectivity index (χ1n) is 11.3. The summed E-state index contributed by atoms with van der Waals surface area (Å²) < 4.78 is 4.93. The van der Waals surface area contributed by atoms with Gasteiger partial charge in [0.2, 0.25) is 0 Å². The molecular formula is C24H38O4. The first-order chi connectivity index (χ1) is 13.2. The molecule has 0 saturated heterocycles. The number of fused-ring (bicyclic) bond motifs is 5.